The van der Waals surface area contributed by atoms with E-state index >= 15 is 0 Å². The van der Waals surface area contributed by atoms with E-state index in [1.807, 2.05) is 19.9 Å². The van der Waals surface area contributed by atoms with E-state index < -0.39 is 11.6 Å². The Bertz CT molecular complexity index is 1300. The van der Waals surface area contributed by atoms with E-state index in [9.17, 15) is 13.6 Å². The maximum absolute atomic E-state index is 13.4. The number of nitrogens with zero attached hydrogens (tertiary/aromatic N) is 1. The summed E-state index contributed by atoms with van der Waals surface area (Å²) in [7, 11) is 0. The maximum Gasteiger partial charge on any atom is 0.251 e. The molecule has 4 rings (SSSR count). The first-order valence-corrected chi connectivity index (χ1v) is 11.9. The van der Waals surface area contributed by atoms with E-state index in [0.29, 0.717) is 28.2 Å². The van der Waals surface area contributed by atoms with Gasteiger partial charge in [0, 0.05) is 38.9 Å². The standard InChI is InChI=1S/C28H24F2N2O2.C2H6.2H2/c1-18(12-20-6-3-4-7-20)26-16-24(10-11-31-26)34-27-9-5-8-25(19(27)2)28(33)32-17-21-13-22(29)15-23(30)14-21;1-2;;/h3,5-11,13-16H,1,4,12,17H2,2H3,(H,32,33);1-2H3;2*1H. The number of halogens is 2. The number of amides is 1. The molecular weight excluding hydrogens is 458 g/mol. The molecule has 0 saturated carbocycles. The van der Waals surface area contributed by atoms with Crippen LogP contribution in [0, 0.1) is 18.6 Å². The average molecular weight is 493 g/mol. The Morgan fingerprint density at radius 2 is 1.89 bits per heavy atom. The molecule has 0 bridgehead atoms. The summed E-state index contributed by atoms with van der Waals surface area (Å²) in [6.07, 6.45) is 9.70. The van der Waals surface area contributed by atoms with Crippen LogP contribution in [0.4, 0.5) is 8.78 Å². The number of carbonyl (C=O) groups is 1. The number of carbonyl (C=O) groups excluding carboxylic acids is 1. The van der Waals surface area contributed by atoms with Crippen molar-refractivity contribution in [3.05, 3.63) is 119 Å². The molecule has 0 aliphatic heterocycles. The molecule has 0 unspecified atom stereocenters. The molecular formula is C30H34F2N2O2. The maximum atomic E-state index is 13.4. The van der Waals surface area contributed by atoms with Crippen LogP contribution < -0.4 is 10.1 Å². The van der Waals surface area contributed by atoms with Crippen LogP contribution in [0.5, 0.6) is 11.5 Å². The molecule has 1 aliphatic carbocycles. The third-order valence-corrected chi connectivity index (χ3v) is 5.49. The van der Waals surface area contributed by atoms with Crippen LogP contribution in [0.25, 0.3) is 5.57 Å². The highest BCUT2D eigenvalue weighted by Gasteiger charge is 2.14. The van der Waals surface area contributed by atoms with Crippen LogP contribution in [-0.4, -0.2) is 10.9 Å². The van der Waals surface area contributed by atoms with Gasteiger partial charge in [0.05, 0.1) is 5.69 Å². The third kappa shape index (κ3) is 6.98. The van der Waals surface area contributed by atoms with Crippen molar-refractivity contribution < 1.29 is 21.2 Å². The van der Waals surface area contributed by atoms with Crippen molar-refractivity contribution >= 4 is 11.5 Å². The van der Waals surface area contributed by atoms with Crippen LogP contribution in [0.1, 0.15) is 56.7 Å². The molecule has 0 saturated heterocycles. The number of rotatable bonds is 8. The summed E-state index contributed by atoms with van der Waals surface area (Å²) >= 11 is 0. The fourth-order valence-electron chi connectivity index (χ4n) is 3.73. The second-order valence-electron chi connectivity index (χ2n) is 8.07. The molecule has 3 aromatic rings. The summed E-state index contributed by atoms with van der Waals surface area (Å²) in [4.78, 5) is 17.1. The summed E-state index contributed by atoms with van der Waals surface area (Å²) < 4.78 is 32.9. The number of pyridine rings is 1. The van der Waals surface area contributed by atoms with Gasteiger partial charge in [0.15, 0.2) is 0 Å². The predicted octanol–water partition coefficient (Wildman–Crippen LogP) is 8.20. The molecule has 1 aliphatic rings. The zero-order chi connectivity index (χ0) is 26.1. The monoisotopic (exact) mass is 492 g/mol. The van der Waals surface area contributed by atoms with Gasteiger partial charge in [-0.25, -0.2) is 8.78 Å². The lowest BCUT2D eigenvalue weighted by Crippen LogP contribution is -2.23. The van der Waals surface area contributed by atoms with Crippen LogP contribution in [0.15, 0.2) is 85.1 Å². The predicted molar refractivity (Wildman–Crippen MR) is 144 cm³/mol. The van der Waals surface area contributed by atoms with E-state index in [2.05, 4.69) is 35.1 Å². The van der Waals surface area contributed by atoms with Gasteiger partial charge < -0.3 is 10.1 Å². The Balaban J connectivity index is 0.00000176. The van der Waals surface area contributed by atoms with Crippen molar-refractivity contribution in [1.29, 1.82) is 0 Å². The number of hydrogen-bond acceptors (Lipinski definition) is 3. The molecule has 0 atom stereocenters. The molecule has 0 fully saturated rings. The van der Waals surface area contributed by atoms with E-state index in [1.54, 1.807) is 37.4 Å². The SMILES string of the molecule is C=C(CC1=CCC=C1)c1cc(Oc2cccc(C(=O)NCc3cc(F)cc(F)c3)c2C)ccn1.CC.[HH].[HH]. The molecule has 36 heavy (non-hydrogen) atoms. The number of allylic oxidation sites excluding steroid dienone is 5. The number of aromatic nitrogens is 1. The first-order chi connectivity index (χ1) is 17.4. The van der Waals surface area contributed by atoms with Gasteiger partial charge in [-0.2, -0.15) is 0 Å². The lowest BCUT2D eigenvalue weighted by atomic mass is 10.0. The van der Waals surface area contributed by atoms with Crippen molar-refractivity contribution in [1.82, 2.24) is 10.3 Å². The van der Waals surface area contributed by atoms with Crippen molar-refractivity contribution in [3.63, 3.8) is 0 Å². The van der Waals surface area contributed by atoms with Gasteiger partial charge in [0.2, 0.25) is 0 Å². The molecule has 6 heteroatoms. The van der Waals surface area contributed by atoms with Gasteiger partial charge in [0.1, 0.15) is 23.1 Å². The highest BCUT2D eigenvalue weighted by Crippen LogP contribution is 2.30. The fourth-order valence-corrected chi connectivity index (χ4v) is 3.73. The summed E-state index contributed by atoms with van der Waals surface area (Å²) in [5.74, 6) is -0.640. The van der Waals surface area contributed by atoms with Crippen LogP contribution in [0.2, 0.25) is 0 Å². The van der Waals surface area contributed by atoms with Crippen molar-refractivity contribution in [3.8, 4) is 11.5 Å². The Hall–Kier alpha value is -4.06. The highest BCUT2D eigenvalue weighted by atomic mass is 19.1. The second kappa shape index (κ2) is 12.6. The minimum atomic E-state index is -0.688. The van der Waals surface area contributed by atoms with Gasteiger partial charge in [-0.05, 0) is 66.8 Å². The van der Waals surface area contributed by atoms with Gasteiger partial charge in [-0.3, -0.25) is 9.78 Å². The summed E-state index contributed by atoms with van der Waals surface area (Å²) in [6.45, 7) is 9.94. The van der Waals surface area contributed by atoms with Crippen LogP contribution in [-0.2, 0) is 6.54 Å². The molecule has 1 N–H and O–H groups in total. The number of ether oxygens (including phenoxy) is 1. The molecule has 1 heterocycles. The largest absolute Gasteiger partial charge is 0.457 e. The summed E-state index contributed by atoms with van der Waals surface area (Å²) in [5, 5.41) is 2.70. The first kappa shape index (κ1) is 26.5. The second-order valence-corrected chi connectivity index (χ2v) is 8.07. The molecule has 1 aromatic heterocycles. The zero-order valence-electron chi connectivity index (χ0n) is 20.8. The van der Waals surface area contributed by atoms with Gasteiger partial charge in [0.25, 0.3) is 5.91 Å². The lowest BCUT2D eigenvalue weighted by molar-refractivity contribution is 0.0950. The van der Waals surface area contributed by atoms with E-state index in [1.165, 1.54) is 17.7 Å². The minimum Gasteiger partial charge on any atom is -0.457 e. The number of benzene rings is 2. The number of hydrogen-bond donors (Lipinski definition) is 1. The molecule has 1 amide bonds. The summed E-state index contributed by atoms with van der Waals surface area (Å²) in [6, 6.07) is 11.9. The third-order valence-electron chi connectivity index (χ3n) is 5.49. The normalized spacial score (nSPS) is 11.9. The average Bonchev–Trinajstić information content (AvgIpc) is 3.38. The molecule has 190 valence electrons. The molecule has 2 aromatic carbocycles. The van der Waals surface area contributed by atoms with E-state index in [0.717, 1.165) is 30.2 Å². The van der Waals surface area contributed by atoms with E-state index in [-0.39, 0.29) is 15.3 Å². The van der Waals surface area contributed by atoms with Crippen molar-refractivity contribution in [2.45, 2.75) is 40.2 Å². The Morgan fingerprint density at radius 3 is 2.58 bits per heavy atom. The smallest absolute Gasteiger partial charge is 0.251 e. The van der Waals surface area contributed by atoms with Crippen LogP contribution >= 0.6 is 0 Å². The summed E-state index contributed by atoms with van der Waals surface area (Å²) in [5.41, 5.74) is 4.24. The molecule has 4 nitrogen and oxygen atoms in total. The minimum absolute atomic E-state index is 0. The van der Waals surface area contributed by atoms with Gasteiger partial charge in [-0.15, -0.1) is 0 Å². The van der Waals surface area contributed by atoms with E-state index in [4.69, 9.17) is 4.74 Å². The van der Waals surface area contributed by atoms with Gasteiger partial charge >= 0.3 is 0 Å². The number of nitrogens with one attached hydrogen (secondary N) is 1. The highest BCUT2D eigenvalue weighted by molar-refractivity contribution is 5.96. The van der Waals surface area contributed by atoms with Crippen LogP contribution in [0.3, 0.4) is 0 Å². The Kier molecular flexibility index (Phi) is 9.28. The Morgan fingerprint density at radius 1 is 1.14 bits per heavy atom. The topological polar surface area (TPSA) is 51.2 Å². The first-order valence-electron chi connectivity index (χ1n) is 11.9. The molecule has 0 radical (unpaired) electrons. The van der Waals surface area contributed by atoms with Crippen molar-refractivity contribution in [2.75, 3.05) is 0 Å². The zero-order valence-corrected chi connectivity index (χ0v) is 20.8. The van der Waals surface area contributed by atoms with Gasteiger partial charge in [-0.1, -0.05) is 44.7 Å². The van der Waals surface area contributed by atoms with Crippen molar-refractivity contribution in [2.24, 2.45) is 0 Å². The molecule has 0 spiro atoms. The lowest BCUT2D eigenvalue weighted by Gasteiger charge is -2.14. The Labute approximate surface area is 214 Å². The quantitative estimate of drug-likeness (QED) is 0.345. The fraction of sp³-hybridized carbons (Fsp3) is 0.200.